The monoisotopic (exact) mass is 249 g/mol. The average molecular weight is 249 g/mol. The molecule has 0 aliphatic heterocycles. The van der Waals surface area contributed by atoms with E-state index in [0.29, 0.717) is 13.0 Å². The van der Waals surface area contributed by atoms with Gasteiger partial charge in [-0.25, -0.2) is 0 Å². The van der Waals surface area contributed by atoms with Gasteiger partial charge in [-0.3, -0.25) is 0 Å². The molecule has 0 fully saturated rings. The Hall–Kier alpha value is -1.71. The fraction of sp³-hybridized carbons (Fsp3) is 0.538. The number of ether oxygens (including phenoxy) is 1. The van der Waals surface area contributed by atoms with E-state index in [9.17, 15) is 0 Å². The molecule has 0 amide bonds. The van der Waals surface area contributed by atoms with Crippen LogP contribution in [0.3, 0.4) is 0 Å². The first-order chi connectivity index (χ1) is 8.63. The summed E-state index contributed by atoms with van der Waals surface area (Å²) in [6.07, 6.45) is 0.429. The van der Waals surface area contributed by atoms with Gasteiger partial charge in [0.15, 0.2) is 0 Å². The summed E-state index contributed by atoms with van der Waals surface area (Å²) in [5, 5.41) is 12.8. The summed E-state index contributed by atoms with van der Waals surface area (Å²) in [4.78, 5) is 2.84. The van der Waals surface area contributed by atoms with Gasteiger partial charge in [-0.05, 0) is 55.5 Å². The third-order valence-corrected chi connectivity index (χ3v) is 2.82. The number of rotatable bonds is 6. The summed E-state index contributed by atoms with van der Waals surface area (Å²) in [6, 6.07) is 3.59. The van der Waals surface area contributed by atoms with E-state index in [4.69, 9.17) is 15.4 Å². The van der Waals surface area contributed by atoms with E-state index < -0.39 is 0 Å². The van der Waals surface area contributed by atoms with Crippen LogP contribution in [0.15, 0.2) is 17.2 Å². The van der Waals surface area contributed by atoms with Crippen molar-refractivity contribution in [1.29, 1.82) is 0 Å². The van der Waals surface area contributed by atoms with Gasteiger partial charge in [0.2, 0.25) is 0 Å². The topological polar surface area (TPSA) is 78.2 Å². The van der Waals surface area contributed by atoms with Gasteiger partial charge in [0.1, 0.15) is 5.75 Å². The number of aliphatic hydroxyl groups is 1. The minimum atomic E-state index is -0.325. The molecule has 5 nitrogen and oxygen atoms in total. The molecule has 0 aliphatic rings. The predicted octanol–water partition coefficient (Wildman–Crippen LogP) is 3.44. The molecule has 1 unspecified atom stereocenters. The van der Waals surface area contributed by atoms with Crippen molar-refractivity contribution in [2.45, 2.75) is 33.2 Å². The zero-order valence-corrected chi connectivity index (χ0v) is 11.1. The van der Waals surface area contributed by atoms with Crippen LogP contribution >= 0.6 is 0 Å². The lowest BCUT2D eigenvalue weighted by Crippen LogP contribution is -2.03. The molecule has 0 bridgehead atoms. The van der Waals surface area contributed by atoms with Gasteiger partial charge >= 0.3 is 0 Å². The number of benzene rings is 1. The first-order valence-corrected chi connectivity index (χ1v) is 6.03. The molecule has 18 heavy (non-hydrogen) atoms. The van der Waals surface area contributed by atoms with Gasteiger partial charge in [0.25, 0.3) is 0 Å². The Bertz CT molecular complexity index is 454. The van der Waals surface area contributed by atoms with Gasteiger partial charge in [-0.2, -0.15) is 0 Å². The lowest BCUT2D eigenvalue weighted by atomic mass is 9.97. The summed E-state index contributed by atoms with van der Waals surface area (Å²) in [6.45, 7) is 6.47. The van der Waals surface area contributed by atoms with Crippen molar-refractivity contribution in [2.24, 2.45) is 5.11 Å². The molecule has 1 rings (SSSR count). The summed E-state index contributed by atoms with van der Waals surface area (Å²) in [5.41, 5.74) is 11.5. The highest BCUT2D eigenvalue weighted by Gasteiger charge is 2.14. The van der Waals surface area contributed by atoms with Crippen LogP contribution in [0.1, 0.15) is 36.1 Å². The average Bonchev–Trinajstić information content (AvgIpc) is 2.33. The second-order valence-corrected chi connectivity index (χ2v) is 4.14. The SMILES string of the molecule is CCOc1cc(C)c(C(CCO)N=[N+]=[N-])cc1C. The van der Waals surface area contributed by atoms with E-state index in [1.807, 2.05) is 32.9 Å². The van der Waals surface area contributed by atoms with Gasteiger partial charge in [0.05, 0.1) is 12.6 Å². The number of hydrogen-bond acceptors (Lipinski definition) is 3. The van der Waals surface area contributed by atoms with Crippen molar-refractivity contribution in [3.05, 3.63) is 39.3 Å². The molecule has 98 valence electrons. The van der Waals surface area contributed by atoms with Crippen molar-refractivity contribution in [2.75, 3.05) is 13.2 Å². The van der Waals surface area contributed by atoms with Gasteiger partial charge in [-0.1, -0.05) is 11.2 Å². The molecular formula is C13H19N3O2. The molecule has 1 N–H and O–H groups in total. The second-order valence-electron chi connectivity index (χ2n) is 4.14. The first kappa shape index (κ1) is 14.4. The summed E-state index contributed by atoms with van der Waals surface area (Å²) in [7, 11) is 0. The molecule has 5 heteroatoms. The van der Waals surface area contributed by atoms with E-state index >= 15 is 0 Å². The van der Waals surface area contributed by atoms with Crippen molar-refractivity contribution in [3.8, 4) is 5.75 Å². The summed E-state index contributed by atoms with van der Waals surface area (Å²) >= 11 is 0. The largest absolute Gasteiger partial charge is 0.494 e. The fourth-order valence-corrected chi connectivity index (χ4v) is 1.94. The standard InChI is InChI=1S/C13H19N3O2/c1-4-18-13-8-9(2)11(7-10(13)3)12(5-6-17)15-16-14/h7-8,12,17H,4-6H2,1-3H3. The Morgan fingerprint density at radius 1 is 1.39 bits per heavy atom. The Morgan fingerprint density at radius 3 is 2.67 bits per heavy atom. The highest BCUT2D eigenvalue weighted by atomic mass is 16.5. The minimum Gasteiger partial charge on any atom is -0.494 e. The Morgan fingerprint density at radius 2 is 2.11 bits per heavy atom. The van der Waals surface area contributed by atoms with E-state index in [-0.39, 0.29) is 12.6 Å². The maximum Gasteiger partial charge on any atom is 0.122 e. The highest BCUT2D eigenvalue weighted by Crippen LogP contribution is 2.30. The molecule has 1 aromatic carbocycles. The first-order valence-electron chi connectivity index (χ1n) is 6.03. The van der Waals surface area contributed by atoms with Crippen LogP contribution in [0.4, 0.5) is 0 Å². The Balaban J connectivity index is 3.15. The molecule has 0 radical (unpaired) electrons. The number of nitrogens with zero attached hydrogens (tertiary/aromatic N) is 3. The minimum absolute atomic E-state index is 0.00458. The maximum absolute atomic E-state index is 9.02. The van der Waals surface area contributed by atoms with Crippen molar-refractivity contribution < 1.29 is 9.84 Å². The van der Waals surface area contributed by atoms with Crippen LogP contribution in [0, 0.1) is 13.8 Å². The molecule has 0 spiro atoms. The van der Waals surface area contributed by atoms with Crippen LogP contribution < -0.4 is 4.74 Å². The fourth-order valence-electron chi connectivity index (χ4n) is 1.94. The molecule has 0 aliphatic carbocycles. The quantitative estimate of drug-likeness (QED) is 0.476. The summed E-state index contributed by atoms with van der Waals surface area (Å²) in [5.74, 6) is 0.849. The smallest absolute Gasteiger partial charge is 0.122 e. The molecule has 1 aromatic rings. The van der Waals surface area contributed by atoms with Crippen LogP contribution in [-0.4, -0.2) is 18.3 Å². The van der Waals surface area contributed by atoms with Crippen LogP contribution in [0.25, 0.3) is 10.4 Å². The molecule has 0 heterocycles. The lowest BCUT2D eigenvalue weighted by Gasteiger charge is -2.16. The zero-order chi connectivity index (χ0) is 13.5. The maximum atomic E-state index is 9.02. The van der Waals surface area contributed by atoms with E-state index in [0.717, 1.165) is 22.4 Å². The van der Waals surface area contributed by atoms with Crippen molar-refractivity contribution in [3.63, 3.8) is 0 Å². The number of hydrogen-bond donors (Lipinski definition) is 1. The number of azide groups is 1. The molecular weight excluding hydrogens is 230 g/mol. The highest BCUT2D eigenvalue weighted by molar-refractivity contribution is 5.43. The predicted molar refractivity (Wildman–Crippen MR) is 70.7 cm³/mol. The van der Waals surface area contributed by atoms with Crippen LogP contribution in [0.2, 0.25) is 0 Å². The van der Waals surface area contributed by atoms with Crippen LogP contribution in [0.5, 0.6) is 5.75 Å². The van der Waals surface area contributed by atoms with Crippen molar-refractivity contribution in [1.82, 2.24) is 0 Å². The third kappa shape index (κ3) is 3.39. The summed E-state index contributed by atoms with van der Waals surface area (Å²) < 4.78 is 5.52. The molecule has 0 saturated carbocycles. The normalized spacial score (nSPS) is 11.8. The number of aryl methyl sites for hydroxylation is 2. The van der Waals surface area contributed by atoms with Gasteiger partial charge in [-0.15, -0.1) is 0 Å². The van der Waals surface area contributed by atoms with E-state index in [1.165, 1.54) is 0 Å². The lowest BCUT2D eigenvalue weighted by molar-refractivity contribution is 0.276. The van der Waals surface area contributed by atoms with Gasteiger partial charge < -0.3 is 9.84 Å². The Labute approximate surface area is 107 Å². The Kier molecular flexibility index (Phi) is 5.49. The van der Waals surface area contributed by atoms with Gasteiger partial charge in [0, 0.05) is 11.5 Å². The molecule has 0 aromatic heterocycles. The second kappa shape index (κ2) is 6.89. The van der Waals surface area contributed by atoms with E-state index in [2.05, 4.69) is 10.0 Å². The number of aliphatic hydroxyl groups excluding tert-OH is 1. The third-order valence-electron chi connectivity index (χ3n) is 2.82. The van der Waals surface area contributed by atoms with E-state index in [1.54, 1.807) is 0 Å². The van der Waals surface area contributed by atoms with Crippen molar-refractivity contribution >= 4 is 0 Å². The molecule has 0 saturated heterocycles. The molecule has 1 atom stereocenters. The van der Waals surface area contributed by atoms with Crippen LogP contribution in [-0.2, 0) is 0 Å². The zero-order valence-electron chi connectivity index (χ0n) is 11.1.